The van der Waals surface area contributed by atoms with Gasteiger partial charge in [-0.3, -0.25) is 4.79 Å². The fourth-order valence-electron chi connectivity index (χ4n) is 4.86. The van der Waals surface area contributed by atoms with Gasteiger partial charge in [0.05, 0.1) is 0 Å². The molecule has 1 aliphatic heterocycles. The lowest BCUT2D eigenvalue weighted by Crippen LogP contribution is -2.31. The van der Waals surface area contributed by atoms with E-state index in [2.05, 4.69) is 23.1 Å². The Bertz CT molecular complexity index is 1210. The maximum atomic E-state index is 12.7. The van der Waals surface area contributed by atoms with Crippen molar-refractivity contribution in [1.82, 2.24) is 4.90 Å². The number of anilines is 1. The number of amides is 1. The van der Waals surface area contributed by atoms with E-state index in [9.17, 15) is 9.59 Å². The molecule has 1 aromatic heterocycles. The molecule has 2 heterocycles. The van der Waals surface area contributed by atoms with Crippen LogP contribution in [0, 0.1) is 0 Å². The number of ether oxygens (including phenoxy) is 1. The van der Waals surface area contributed by atoms with Gasteiger partial charge in [0, 0.05) is 49.4 Å². The van der Waals surface area contributed by atoms with Crippen LogP contribution >= 0.6 is 0 Å². The van der Waals surface area contributed by atoms with Crippen molar-refractivity contribution in [2.24, 2.45) is 0 Å². The summed E-state index contributed by atoms with van der Waals surface area (Å²) in [6.45, 7) is 2.61. The highest BCUT2D eigenvalue weighted by molar-refractivity contribution is 5.83. The Morgan fingerprint density at radius 3 is 2.69 bits per heavy atom. The molecule has 1 aliphatic carbocycles. The summed E-state index contributed by atoms with van der Waals surface area (Å²) in [5.41, 5.74) is 4.52. The Balaban J connectivity index is 1.25. The number of rotatable bonds is 6. The number of benzene rings is 2. The van der Waals surface area contributed by atoms with Gasteiger partial charge in [-0.2, -0.15) is 0 Å². The molecule has 2 aromatic carbocycles. The van der Waals surface area contributed by atoms with Crippen molar-refractivity contribution in [2.75, 3.05) is 31.6 Å². The second kappa shape index (κ2) is 8.69. The summed E-state index contributed by atoms with van der Waals surface area (Å²) in [5.74, 6) is 0.426. The number of carbonyl (C=O) groups excluding carboxylic acids is 1. The van der Waals surface area contributed by atoms with E-state index in [1.54, 1.807) is 18.0 Å². The maximum absolute atomic E-state index is 12.7. The van der Waals surface area contributed by atoms with Crippen LogP contribution in [0.3, 0.4) is 0 Å². The lowest BCUT2D eigenvalue weighted by Gasteiger charge is -2.24. The molecule has 3 aromatic rings. The van der Waals surface area contributed by atoms with E-state index in [0.29, 0.717) is 17.9 Å². The standard InChI is InChI=1S/C26H28N2O4/c1-27(16-18-7-2-3-10-23(18)28-13-4-5-14-28)25(29)17-31-19-11-12-21-20-8-6-9-22(20)26(30)32-24(21)15-19/h2-3,7,10-12,15H,4-6,8-9,13-14,16-17H2,1H3. The Labute approximate surface area is 187 Å². The second-order valence-electron chi connectivity index (χ2n) is 8.72. The predicted molar refractivity (Wildman–Crippen MR) is 124 cm³/mol. The van der Waals surface area contributed by atoms with Crippen molar-refractivity contribution in [3.63, 3.8) is 0 Å². The zero-order valence-electron chi connectivity index (χ0n) is 18.4. The van der Waals surface area contributed by atoms with Gasteiger partial charge in [-0.25, -0.2) is 4.79 Å². The van der Waals surface area contributed by atoms with Crippen LogP contribution in [0.2, 0.25) is 0 Å². The van der Waals surface area contributed by atoms with Gasteiger partial charge in [0.2, 0.25) is 0 Å². The van der Waals surface area contributed by atoms with E-state index in [0.717, 1.165) is 54.4 Å². The van der Waals surface area contributed by atoms with Crippen molar-refractivity contribution in [3.05, 3.63) is 69.6 Å². The second-order valence-corrected chi connectivity index (χ2v) is 8.72. The van der Waals surface area contributed by atoms with Gasteiger partial charge in [0.1, 0.15) is 11.3 Å². The largest absolute Gasteiger partial charge is 0.484 e. The highest BCUT2D eigenvalue weighted by Crippen LogP contribution is 2.30. The lowest BCUT2D eigenvalue weighted by atomic mass is 10.1. The van der Waals surface area contributed by atoms with Crippen LogP contribution in [-0.4, -0.2) is 37.6 Å². The van der Waals surface area contributed by atoms with E-state index in [4.69, 9.17) is 9.15 Å². The molecule has 32 heavy (non-hydrogen) atoms. The van der Waals surface area contributed by atoms with Gasteiger partial charge in [0.15, 0.2) is 6.61 Å². The van der Waals surface area contributed by atoms with Gasteiger partial charge in [0.25, 0.3) is 5.91 Å². The molecule has 0 saturated carbocycles. The third-order valence-corrected chi connectivity index (χ3v) is 6.58. The fourth-order valence-corrected chi connectivity index (χ4v) is 4.86. The van der Waals surface area contributed by atoms with Crippen LogP contribution in [0.4, 0.5) is 5.69 Å². The number of fused-ring (bicyclic) bond motifs is 3. The number of nitrogens with zero attached hydrogens (tertiary/aromatic N) is 2. The van der Waals surface area contributed by atoms with Crippen molar-refractivity contribution >= 4 is 22.6 Å². The Morgan fingerprint density at radius 2 is 1.84 bits per heavy atom. The SMILES string of the molecule is CN(Cc1ccccc1N1CCCC1)C(=O)COc1ccc2c3c(c(=O)oc2c1)CCC3. The monoisotopic (exact) mass is 432 g/mol. The fraction of sp³-hybridized carbons (Fsp3) is 0.385. The molecule has 1 fully saturated rings. The molecule has 0 bridgehead atoms. The van der Waals surface area contributed by atoms with Crippen LogP contribution < -0.4 is 15.3 Å². The molecule has 6 heteroatoms. The molecule has 0 unspecified atom stereocenters. The smallest absolute Gasteiger partial charge is 0.339 e. The third kappa shape index (κ3) is 3.97. The first kappa shape index (κ1) is 20.6. The van der Waals surface area contributed by atoms with Crippen LogP contribution in [0.15, 0.2) is 51.7 Å². The van der Waals surface area contributed by atoms with Crippen molar-refractivity contribution in [3.8, 4) is 5.75 Å². The topological polar surface area (TPSA) is 63.0 Å². The molecule has 0 N–H and O–H groups in total. The summed E-state index contributed by atoms with van der Waals surface area (Å²) < 4.78 is 11.3. The average molecular weight is 433 g/mol. The molecule has 166 valence electrons. The van der Waals surface area contributed by atoms with Crippen LogP contribution in [0.1, 0.15) is 36.0 Å². The van der Waals surface area contributed by atoms with E-state index < -0.39 is 0 Å². The molecule has 1 saturated heterocycles. The maximum Gasteiger partial charge on any atom is 0.339 e. The van der Waals surface area contributed by atoms with Crippen LogP contribution in [0.25, 0.3) is 11.0 Å². The van der Waals surface area contributed by atoms with Gasteiger partial charge >= 0.3 is 5.63 Å². The Morgan fingerprint density at radius 1 is 1.06 bits per heavy atom. The molecule has 1 amide bonds. The van der Waals surface area contributed by atoms with Gasteiger partial charge in [-0.05, 0) is 61.4 Å². The molecular weight excluding hydrogens is 404 g/mol. The molecule has 5 rings (SSSR count). The molecular formula is C26H28N2O4. The summed E-state index contributed by atoms with van der Waals surface area (Å²) >= 11 is 0. The van der Waals surface area contributed by atoms with Crippen molar-refractivity contribution < 1.29 is 13.9 Å². The summed E-state index contributed by atoms with van der Waals surface area (Å²) in [6, 6.07) is 13.8. The summed E-state index contributed by atoms with van der Waals surface area (Å²) in [6.07, 6.45) is 5.10. The number of carbonyl (C=O) groups is 1. The van der Waals surface area contributed by atoms with Crippen molar-refractivity contribution in [1.29, 1.82) is 0 Å². The average Bonchev–Trinajstić information content (AvgIpc) is 3.50. The lowest BCUT2D eigenvalue weighted by molar-refractivity contribution is -0.132. The minimum atomic E-state index is -0.255. The zero-order chi connectivity index (χ0) is 22.1. The quantitative estimate of drug-likeness (QED) is 0.553. The molecule has 0 radical (unpaired) electrons. The van der Waals surface area contributed by atoms with Crippen LogP contribution in [-0.2, 0) is 24.2 Å². The Kier molecular flexibility index (Phi) is 5.60. The Hall–Kier alpha value is -3.28. The van der Waals surface area contributed by atoms with E-state index >= 15 is 0 Å². The minimum Gasteiger partial charge on any atom is -0.484 e. The summed E-state index contributed by atoms with van der Waals surface area (Å²) in [4.78, 5) is 29.0. The number of likely N-dealkylation sites (N-methyl/N-ethyl adjacent to an activating group) is 1. The summed E-state index contributed by atoms with van der Waals surface area (Å²) in [7, 11) is 1.80. The third-order valence-electron chi connectivity index (χ3n) is 6.58. The normalized spacial score (nSPS) is 15.2. The summed E-state index contributed by atoms with van der Waals surface area (Å²) in [5, 5.41) is 0.964. The molecule has 2 aliphatic rings. The number of hydrogen-bond donors (Lipinski definition) is 0. The molecule has 0 spiro atoms. The number of hydrogen-bond acceptors (Lipinski definition) is 5. The van der Waals surface area contributed by atoms with Crippen LogP contribution in [0.5, 0.6) is 5.75 Å². The first-order valence-corrected chi connectivity index (χ1v) is 11.4. The van der Waals surface area contributed by atoms with E-state index in [-0.39, 0.29) is 18.1 Å². The molecule has 6 nitrogen and oxygen atoms in total. The number of aryl methyl sites for hydroxylation is 1. The van der Waals surface area contributed by atoms with Crippen molar-refractivity contribution in [2.45, 2.75) is 38.6 Å². The molecule has 0 atom stereocenters. The highest BCUT2D eigenvalue weighted by atomic mass is 16.5. The zero-order valence-corrected chi connectivity index (χ0v) is 18.4. The predicted octanol–water partition coefficient (Wildman–Crippen LogP) is 3.92. The highest BCUT2D eigenvalue weighted by Gasteiger charge is 2.20. The van der Waals surface area contributed by atoms with E-state index in [1.165, 1.54) is 18.5 Å². The first-order chi connectivity index (χ1) is 15.6. The minimum absolute atomic E-state index is 0.0664. The number of para-hydroxylation sites is 1. The van der Waals surface area contributed by atoms with Gasteiger partial charge in [-0.1, -0.05) is 18.2 Å². The van der Waals surface area contributed by atoms with Gasteiger partial charge in [-0.15, -0.1) is 0 Å². The van der Waals surface area contributed by atoms with Gasteiger partial charge < -0.3 is 19.0 Å². The van der Waals surface area contributed by atoms with E-state index in [1.807, 2.05) is 18.2 Å². The first-order valence-electron chi connectivity index (χ1n) is 11.4.